The fourth-order valence-corrected chi connectivity index (χ4v) is 20.2. The van der Waals surface area contributed by atoms with E-state index in [0.717, 1.165) is 48.7 Å². The van der Waals surface area contributed by atoms with E-state index in [-0.39, 0.29) is 5.97 Å². The third kappa shape index (κ3) is 7.53. The van der Waals surface area contributed by atoms with E-state index >= 15 is 0 Å². The third-order valence-corrected chi connectivity index (χ3v) is 23.0. The molecule has 0 saturated carbocycles. The molecule has 1 rings (SSSR count). The topological polar surface area (TPSA) is 44.8 Å². The zero-order valence-electron chi connectivity index (χ0n) is 20.7. The van der Waals surface area contributed by atoms with Crippen LogP contribution in [0, 0.1) is 0 Å². The van der Waals surface area contributed by atoms with Crippen molar-refractivity contribution in [2.24, 2.45) is 0 Å². The summed E-state index contributed by atoms with van der Waals surface area (Å²) in [7, 11) is -6.60. The lowest BCUT2D eigenvalue weighted by molar-refractivity contribution is -0.137. The lowest BCUT2D eigenvalue weighted by atomic mass is 10.4. The van der Waals surface area contributed by atoms with Crippen LogP contribution in [0.4, 0.5) is 0 Å². The third-order valence-electron chi connectivity index (χ3n) is 6.90. The quantitative estimate of drug-likeness (QED) is 0.117. The summed E-state index contributed by atoms with van der Waals surface area (Å²) in [5.74, 6) is -0.368. The van der Waals surface area contributed by atoms with Gasteiger partial charge in [-0.15, -0.1) is 0 Å². The smallest absolute Gasteiger partial charge is 0.352 e. The number of benzene rings is 1. The van der Waals surface area contributed by atoms with Crippen LogP contribution in [0.25, 0.3) is 0 Å². The van der Waals surface area contributed by atoms with Gasteiger partial charge >= 0.3 is 14.5 Å². The van der Waals surface area contributed by atoms with E-state index in [1.165, 1.54) is 11.3 Å². The van der Waals surface area contributed by atoms with Gasteiger partial charge in [0, 0.05) is 6.08 Å². The summed E-state index contributed by atoms with van der Waals surface area (Å²) < 4.78 is 20.1. The van der Waals surface area contributed by atoms with E-state index in [4.69, 9.17) is 13.0 Å². The van der Waals surface area contributed by atoms with Crippen LogP contribution in [0.15, 0.2) is 43.0 Å². The minimum atomic E-state index is -2.74. The van der Waals surface area contributed by atoms with Crippen LogP contribution < -0.4 is 5.19 Å². The van der Waals surface area contributed by atoms with E-state index in [2.05, 4.69) is 78.5 Å². The molecule has 0 spiro atoms. The van der Waals surface area contributed by atoms with Gasteiger partial charge in [0.05, 0.1) is 6.61 Å². The Morgan fingerprint density at radius 1 is 0.839 bits per heavy atom. The van der Waals surface area contributed by atoms with Crippen molar-refractivity contribution in [3.63, 3.8) is 0 Å². The van der Waals surface area contributed by atoms with Crippen LogP contribution in [0.5, 0.6) is 0 Å². The van der Waals surface area contributed by atoms with E-state index in [0.29, 0.717) is 6.61 Å². The molecule has 0 aliphatic rings. The Labute approximate surface area is 193 Å². The molecular formula is C24H44O4Si3. The predicted octanol–water partition coefficient (Wildman–Crippen LogP) is 6.50. The largest absolute Gasteiger partial charge is 0.463 e. The van der Waals surface area contributed by atoms with Crippen LogP contribution in [0.1, 0.15) is 48.0 Å². The summed E-state index contributed by atoms with van der Waals surface area (Å²) in [6.07, 6.45) is 1.96. The van der Waals surface area contributed by atoms with Crippen molar-refractivity contribution in [2.45, 2.75) is 90.3 Å². The monoisotopic (exact) mass is 480 g/mol. The highest BCUT2D eigenvalue weighted by atomic mass is 28.5. The van der Waals surface area contributed by atoms with Crippen LogP contribution in [-0.2, 0) is 17.8 Å². The van der Waals surface area contributed by atoms with Gasteiger partial charge in [-0.2, -0.15) is 0 Å². The first-order valence-electron chi connectivity index (χ1n) is 12.1. The van der Waals surface area contributed by atoms with Crippen LogP contribution >= 0.6 is 0 Å². The van der Waals surface area contributed by atoms with E-state index < -0.39 is 25.2 Å². The first kappa shape index (κ1) is 28.0. The summed E-state index contributed by atoms with van der Waals surface area (Å²) in [5, 5.41) is 1.23. The maximum Gasteiger partial charge on any atom is 0.352 e. The second-order valence-electron chi connectivity index (χ2n) is 8.29. The average Bonchev–Trinajstić information content (AvgIpc) is 2.84. The van der Waals surface area contributed by atoms with Crippen molar-refractivity contribution in [1.29, 1.82) is 0 Å². The van der Waals surface area contributed by atoms with Crippen molar-refractivity contribution in [3.8, 4) is 0 Å². The van der Waals surface area contributed by atoms with Crippen molar-refractivity contribution in [1.82, 2.24) is 0 Å². The molecule has 0 saturated heterocycles. The Hall–Kier alpha value is -0.999. The Balaban J connectivity index is 3.47. The van der Waals surface area contributed by atoms with Crippen LogP contribution in [0.2, 0.25) is 42.3 Å². The fraction of sp³-hybridized carbons (Fsp3) is 0.625. The number of esters is 1. The molecule has 0 atom stereocenters. The summed E-state index contributed by atoms with van der Waals surface area (Å²) in [6, 6.07) is 18.0. The van der Waals surface area contributed by atoms with Crippen molar-refractivity contribution >= 4 is 36.4 Å². The Bertz CT molecular complexity index is 620. The van der Waals surface area contributed by atoms with Gasteiger partial charge in [0.2, 0.25) is 0 Å². The number of carbonyl (C=O) groups excluding carboxylic acids is 1. The van der Waals surface area contributed by atoms with Gasteiger partial charge in [-0.25, -0.2) is 4.79 Å². The van der Waals surface area contributed by atoms with Gasteiger partial charge in [0.25, 0.3) is 0 Å². The number of rotatable bonds is 16. The molecule has 1 aromatic carbocycles. The molecular weight excluding hydrogens is 437 g/mol. The van der Waals surface area contributed by atoms with Crippen molar-refractivity contribution in [2.75, 3.05) is 6.61 Å². The molecule has 0 unspecified atom stereocenters. The molecule has 0 amide bonds. The molecule has 0 heterocycles. The number of hydrogen-bond acceptors (Lipinski definition) is 4. The minimum absolute atomic E-state index is 0.368. The second kappa shape index (κ2) is 13.5. The summed E-state index contributed by atoms with van der Waals surface area (Å²) in [4.78, 5) is 11.6. The van der Waals surface area contributed by atoms with Gasteiger partial charge < -0.3 is 13.0 Å². The Morgan fingerprint density at radius 3 is 1.68 bits per heavy atom. The molecule has 31 heavy (non-hydrogen) atoms. The number of carbonyl (C=O) groups is 1. The second-order valence-corrected chi connectivity index (χ2v) is 21.5. The standard InChI is InChI=1S/C24H44O4Si3/c1-8-24(25)26-21-18-22-31(23-19-16-15-17-20-23,27-29(9-2,10-3)11-4)28-30(12-5,13-6)14-7/h8,15-17,19-20H,1,9-14,18,21-22H2,2-7H3. The van der Waals surface area contributed by atoms with Gasteiger partial charge in [-0.3, -0.25) is 0 Å². The Kier molecular flexibility index (Phi) is 12.2. The van der Waals surface area contributed by atoms with E-state index in [1.807, 2.05) is 0 Å². The Morgan fingerprint density at radius 2 is 1.29 bits per heavy atom. The lowest BCUT2D eigenvalue weighted by Gasteiger charge is -2.46. The lowest BCUT2D eigenvalue weighted by Crippen LogP contribution is -2.65. The molecule has 176 valence electrons. The maximum atomic E-state index is 11.6. The molecule has 0 bridgehead atoms. The molecule has 1 aromatic rings. The molecule has 0 aromatic heterocycles. The number of ether oxygens (including phenoxy) is 1. The van der Waals surface area contributed by atoms with E-state index in [9.17, 15) is 4.79 Å². The normalized spacial score (nSPS) is 12.6. The van der Waals surface area contributed by atoms with Gasteiger partial charge in [0.15, 0.2) is 16.6 Å². The zero-order chi connectivity index (χ0) is 23.4. The van der Waals surface area contributed by atoms with Gasteiger partial charge in [0.1, 0.15) is 0 Å². The van der Waals surface area contributed by atoms with Crippen molar-refractivity contribution < 1.29 is 17.8 Å². The molecule has 0 radical (unpaired) electrons. The fourth-order valence-electron chi connectivity index (χ4n) is 4.25. The zero-order valence-corrected chi connectivity index (χ0v) is 23.7. The summed E-state index contributed by atoms with van der Waals surface area (Å²) in [6.45, 7) is 17.5. The molecule has 4 nitrogen and oxygen atoms in total. The van der Waals surface area contributed by atoms with E-state index in [1.54, 1.807) is 0 Å². The maximum absolute atomic E-state index is 11.6. The molecule has 0 N–H and O–H groups in total. The van der Waals surface area contributed by atoms with Crippen LogP contribution in [0.3, 0.4) is 0 Å². The molecule has 7 heteroatoms. The number of hydrogen-bond donors (Lipinski definition) is 0. The first-order chi connectivity index (χ1) is 14.8. The highest BCUT2D eigenvalue weighted by molar-refractivity contribution is 6.96. The van der Waals surface area contributed by atoms with Gasteiger partial charge in [-0.1, -0.05) is 78.5 Å². The first-order valence-corrected chi connectivity index (χ1v) is 19.2. The highest BCUT2D eigenvalue weighted by Gasteiger charge is 2.50. The molecule has 0 fully saturated rings. The summed E-state index contributed by atoms with van der Waals surface area (Å²) in [5.41, 5.74) is 0. The average molecular weight is 481 g/mol. The van der Waals surface area contributed by atoms with Crippen molar-refractivity contribution in [3.05, 3.63) is 43.0 Å². The molecule has 0 aliphatic carbocycles. The highest BCUT2D eigenvalue weighted by Crippen LogP contribution is 2.34. The summed E-state index contributed by atoms with van der Waals surface area (Å²) >= 11 is 0. The SMILES string of the molecule is C=CC(=O)OCCC[Si](O[Si](CC)(CC)CC)(O[Si](CC)(CC)CC)c1ccccc1. The molecule has 0 aliphatic heterocycles. The minimum Gasteiger partial charge on any atom is -0.463 e. The predicted molar refractivity (Wildman–Crippen MR) is 139 cm³/mol. The van der Waals surface area contributed by atoms with Crippen LogP contribution in [-0.4, -0.2) is 37.8 Å². The van der Waals surface area contributed by atoms with Gasteiger partial charge in [-0.05, 0) is 53.9 Å².